The molecule has 0 spiro atoms. The summed E-state index contributed by atoms with van der Waals surface area (Å²) in [6.45, 7) is 2.87. The van der Waals surface area contributed by atoms with Crippen molar-refractivity contribution in [2.45, 2.75) is 13.3 Å². The number of nitrogens with zero attached hydrogens (tertiary/aromatic N) is 1. The van der Waals surface area contributed by atoms with Gasteiger partial charge in [0.1, 0.15) is 0 Å². The van der Waals surface area contributed by atoms with Gasteiger partial charge in [0.15, 0.2) is 0 Å². The van der Waals surface area contributed by atoms with Crippen LogP contribution in [0.2, 0.25) is 0 Å². The second-order valence-corrected chi connectivity index (χ2v) is 1.60. The van der Waals surface area contributed by atoms with E-state index in [2.05, 4.69) is 0 Å². The van der Waals surface area contributed by atoms with E-state index >= 15 is 0 Å². The topological polar surface area (TPSA) is 46.5 Å². The molecule has 0 aliphatic heterocycles. The van der Waals surface area contributed by atoms with Gasteiger partial charge >= 0.3 is 0 Å². The lowest BCUT2D eigenvalue weighted by molar-refractivity contribution is 0.262. The van der Waals surface area contributed by atoms with Gasteiger partial charge in [0.05, 0.1) is 0 Å². The van der Waals surface area contributed by atoms with Crippen molar-refractivity contribution in [2.75, 3.05) is 19.7 Å². The predicted molar refractivity (Wildman–Crippen MR) is 32.3 cm³/mol. The molecule has 0 saturated carbocycles. The average Bonchev–Trinajstić information content (AvgIpc) is 1.83. The molecule has 8 heavy (non-hydrogen) atoms. The van der Waals surface area contributed by atoms with Crippen LogP contribution in [0.1, 0.15) is 13.3 Å². The molecular formula is C5H12NO2-. The maximum Gasteiger partial charge on any atom is 0.0442 e. The van der Waals surface area contributed by atoms with Crippen LogP contribution in [0.15, 0.2) is 0 Å². The van der Waals surface area contributed by atoms with Crippen LogP contribution in [0.5, 0.6) is 0 Å². The summed E-state index contributed by atoms with van der Waals surface area (Å²) < 4.78 is 0. The Labute approximate surface area is 49.5 Å². The number of hydrogen-bond donors (Lipinski definition) is 1. The van der Waals surface area contributed by atoms with Gasteiger partial charge < -0.3 is 15.4 Å². The van der Waals surface area contributed by atoms with Crippen molar-refractivity contribution >= 4 is 0 Å². The Morgan fingerprint density at radius 3 is 2.62 bits per heavy atom. The number of aliphatic hydroxyl groups excluding tert-OH is 1. The van der Waals surface area contributed by atoms with Crippen molar-refractivity contribution in [3.8, 4) is 0 Å². The summed E-state index contributed by atoms with van der Waals surface area (Å²) in [5.41, 5.74) is 0. The Morgan fingerprint density at radius 2 is 2.25 bits per heavy atom. The summed E-state index contributed by atoms with van der Waals surface area (Å²) in [5, 5.41) is 19.5. The first-order valence-electron chi connectivity index (χ1n) is 2.84. The first-order chi connectivity index (χ1) is 3.81. The van der Waals surface area contributed by atoms with Gasteiger partial charge in [0.25, 0.3) is 0 Å². The molecule has 0 aromatic carbocycles. The summed E-state index contributed by atoms with van der Waals surface area (Å²) >= 11 is 0. The Morgan fingerprint density at radius 1 is 1.62 bits per heavy atom. The summed E-state index contributed by atoms with van der Waals surface area (Å²) in [7, 11) is 0. The fraction of sp³-hybridized carbons (Fsp3) is 1.00. The molecule has 0 fully saturated rings. The van der Waals surface area contributed by atoms with E-state index in [1.807, 2.05) is 0 Å². The Balaban J connectivity index is 2.86. The van der Waals surface area contributed by atoms with Crippen LogP contribution >= 0.6 is 0 Å². The highest BCUT2D eigenvalue weighted by Gasteiger charge is 1.83. The van der Waals surface area contributed by atoms with Gasteiger partial charge in [-0.2, -0.15) is 0 Å². The largest absolute Gasteiger partial charge is 0.785 e. The van der Waals surface area contributed by atoms with Gasteiger partial charge in [-0.15, -0.1) is 0 Å². The van der Waals surface area contributed by atoms with E-state index in [-0.39, 0.29) is 6.61 Å². The highest BCUT2D eigenvalue weighted by Crippen LogP contribution is 1.84. The van der Waals surface area contributed by atoms with E-state index in [9.17, 15) is 5.21 Å². The number of hydrogen-bond acceptors (Lipinski definition) is 3. The number of aliphatic hydroxyl groups is 1. The van der Waals surface area contributed by atoms with E-state index in [4.69, 9.17) is 5.11 Å². The second-order valence-electron chi connectivity index (χ2n) is 1.60. The minimum Gasteiger partial charge on any atom is -0.785 e. The zero-order valence-electron chi connectivity index (χ0n) is 5.13. The van der Waals surface area contributed by atoms with Gasteiger partial charge in [0.2, 0.25) is 0 Å². The maximum absolute atomic E-state index is 10.4. The average molecular weight is 118 g/mol. The molecule has 0 heterocycles. The van der Waals surface area contributed by atoms with E-state index in [1.54, 1.807) is 6.92 Å². The zero-order valence-corrected chi connectivity index (χ0v) is 5.13. The molecular weight excluding hydrogens is 106 g/mol. The van der Waals surface area contributed by atoms with Crippen LogP contribution in [0.25, 0.3) is 0 Å². The molecule has 0 bridgehead atoms. The summed E-state index contributed by atoms with van der Waals surface area (Å²) in [4.78, 5) is 0. The molecule has 0 rings (SSSR count). The van der Waals surface area contributed by atoms with E-state index in [0.29, 0.717) is 19.5 Å². The molecule has 0 aromatic rings. The van der Waals surface area contributed by atoms with Crippen molar-refractivity contribution in [3.05, 3.63) is 5.21 Å². The maximum atomic E-state index is 10.4. The molecule has 1 N–H and O–H groups in total. The summed E-state index contributed by atoms with van der Waals surface area (Å²) in [6.07, 6.45) is 0.581. The Hall–Kier alpha value is -0.120. The van der Waals surface area contributed by atoms with Crippen molar-refractivity contribution in [1.82, 2.24) is 5.06 Å². The molecule has 0 radical (unpaired) electrons. The smallest absolute Gasteiger partial charge is 0.0442 e. The zero-order chi connectivity index (χ0) is 6.41. The quantitative estimate of drug-likeness (QED) is 0.536. The highest BCUT2D eigenvalue weighted by molar-refractivity contribution is 4.51. The van der Waals surface area contributed by atoms with E-state index in [0.717, 1.165) is 5.06 Å². The van der Waals surface area contributed by atoms with Crippen molar-refractivity contribution in [3.63, 3.8) is 0 Å². The first-order valence-corrected chi connectivity index (χ1v) is 2.84. The molecule has 3 heteroatoms. The highest BCUT2D eigenvalue weighted by atomic mass is 16.5. The molecule has 0 aliphatic carbocycles. The second kappa shape index (κ2) is 5.03. The molecule has 0 atom stereocenters. The fourth-order valence-corrected chi connectivity index (χ4v) is 0.405. The van der Waals surface area contributed by atoms with Crippen LogP contribution in [-0.4, -0.2) is 29.9 Å². The Kier molecular flexibility index (Phi) is 4.95. The third-order valence-electron chi connectivity index (χ3n) is 0.918. The van der Waals surface area contributed by atoms with Gasteiger partial charge in [-0.1, -0.05) is 6.92 Å². The standard InChI is InChI=1S/C5H12NO2/c1-2-6(8)4-3-5-7/h7H,2-5H2,1H3/q-1. The van der Waals surface area contributed by atoms with Crippen LogP contribution in [-0.2, 0) is 0 Å². The van der Waals surface area contributed by atoms with Crippen molar-refractivity contribution in [2.24, 2.45) is 0 Å². The van der Waals surface area contributed by atoms with Crippen LogP contribution in [0.3, 0.4) is 0 Å². The minimum absolute atomic E-state index is 0.110. The molecule has 0 aromatic heterocycles. The van der Waals surface area contributed by atoms with E-state index < -0.39 is 0 Å². The predicted octanol–water partition coefficient (Wildman–Crippen LogP) is 0.188. The summed E-state index contributed by atoms with van der Waals surface area (Å²) in [6, 6.07) is 0. The van der Waals surface area contributed by atoms with E-state index in [1.165, 1.54) is 0 Å². The van der Waals surface area contributed by atoms with Crippen molar-refractivity contribution in [1.29, 1.82) is 0 Å². The third kappa shape index (κ3) is 4.05. The molecule has 0 aliphatic rings. The SMILES string of the molecule is CCN([O-])CCCO. The van der Waals surface area contributed by atoms with Gasteiger partial charge in [-0.3, -0.25) is 0 Å². The lowest BCUT2D eigenvalue weighted by atomic mass is 10.4. The monoisotopic (exact) mass is 118 g/mol. The minimum atomic E-state index is 0.110. The summed E-state index contributed by atoms with van der Waals surface area (Å²) in [5.74, 6) is 0. The van der Waals surface area contributed by atoms with Crippen LogP contribution < -0.4 is 0 Å². The normalized spacial score (nSPS) is 10.5. The first kappa shape index (κ1) is 7.88. The lowest BCUT2D eigenvalue weighted by Gasteiger charge is -2.25. The molecule has 0 amide bonds. The lowest BCUT2D eigenvalue weighted by Crippen LogP contribution is -2.17. The molecule has 3 nitrogen and oxygen atoms in total. The molecule has 0 unspecified atom stereocenters. The third-order valence-corrected chi connectivity index (χ3v) is 0.918. The fourth-order valence-electron chi connectivity index (χ4n) is 0.405. The number of rotatable bonds is 4. The van der Waals surface area contributed by atoms with Crippen LogP contribution in [0.4, 0.5) is 0 Å². The van der Waals surface area contributed by atoms with Gasteiger partial charge in [0, 0.05) is 6.61 Å². The number of hydroxylamine groups is 2. The molecule has 0 saturated heterocycles. The Bertz CT molecular complexity index is 49.7. The van der Waals surface area contributed by atoms with Crippen molar-refractivity contribution < 1.29 is 5.11 Å². The van der Waals surface area contributed by atoms with Gasteiger partial charge in [-0.05, 0) is 19.5 Å². The van der Waals surface area contributed by atoms with Crippen LogP contribution in [0, 0.1) is 5.21 Å². The molecule has 50 valence electrons. The van der Waals surface area contributed by atoms with Gasteiger partial charge in [-0.25, -0.2) is 0 Å².